The molecule has 0 amide bonds. The van der Waals surface area contributed by atoms with Crippen LogP contribution in [0.1, 0.15) is 11.4 Å². The molecule has 30 heavy (non-hydrogen) atoms. The summed E-state index contributed by atoms with van der Waals surface area (Å²) in [6.07, 6.45) is 0. The lowest BCUT2D eigenvalue weighted by atomic mass is 10.1. The number of para-hydroxylation sites is 1. The molecule has 0 aliphatic rings. The number of ether oxygens (including phenoxy) is 1. The quantitative estimate of drug-likeness (QED) is 0.495. The fraction of sp³-hybridized carbons (Fsp3) is 0.143. The van der Waals surface area contributed by atoms with Crippen molar-refractivity contribution in [3.05, 3.63) is 81.4 Å². The van der Waals surface area contributed by atoms with Crippen molar-refractivity contribution in [1.82, 2.24) is 24.4 Å². The van der Waals surface area contributed by atoms with Gasteiger partial charge in [0.05, 0.1) is 25.0 Å². The van der Waals surface area contributed by atoms with Gasteiger partial charge in [0.1, 0.15) is 22.5 Å². The van der Waals surface area contributed by atoms with Gasteiger partial charge < -0.3 is 4.74 Å². The van der Waals surface area contributed by atoms with E-state index in [2.05, 4.69) is 16.4 Å². The molecule has 0 unspecified atom stereocenters. The van der Waals surface area contributed by atoms with Crippen LogP contribution in [-0.4, -0.2) is 31.5 Å². The maximum atomic E-state index is 12.7. The topological polar surface area (TPSA) is 90.7 Å². The van der Waals surface area contributed by atoms with Crippen LogP contribution in [0.3, 0.4) is 0 Å². The summed E-state index contributed by atoms with van der Waals surface area (Å²) in [6, 6.07) is 18.5. The van der Waals surface area contributed by atoms with Crippen molar-refractivity contribution in [2.75, 3.05) is 7.11 Å². The Morgan fingerprint density at radius 3 is 2.47 bits per heavy atom. The Balaban J connectivity index is 1.75. The molecule has 8 nitrogen and oxygen atoms in total. The molecule has 0 atom stereocenters. The zero-order valence-electron chi connectivity index (χ0n) is 16.3. The molecule has 4 aromatic rings. The summed E-state index contributed by atoms with van der Waals surface area (Å²) in [7, 11) is 3.32. The highest BCUT2D eigenvalue weighted by Gasteiger charge is 2.21. The van der Waals surface area contributed by atoms with Crippen LogP contribution in [0.5, 0.6) is 5.75 Å². The lowest BCUT2D eigenvalue weighted by Gasteiger charge is -2.10. The molecule has 0 fully saturated rings. The number of hydrogen-bond acceptors (Lipinski definition) is 5. The summed E-state index contributed by atoms with van der Waals surface area (Å²) >= 11 is 6.36. The molecule has 0 saturated heterocycles. The Kier molecular flexibility index (Phi) is 5.12. The molecule has 0 bridgehead atoms. The number of methoxy groups -OCH3 is 1. The SMILES string of the molecule is COc1ccc(-c2nnn(Cc3c(Cl)c(=O)n(-c4ccccc4)n3C)c2C#N)cc1. The zero-order valence-corrected chi connectivity index (χ0v) is 17.0. The van der Waals surface area contributed by atoms with E-state index in [9.17, 15) is 10.1 Å². The van der Waals surface area contributed by atoms with Gasteiger partial charge in [0, 0.05) is 12.6 Å². The second-order valence-electron chi connectivity index (χ2n) is 6.52. The van der Waals surface area contributed by atoms with E-state index >= 15 is 0 Å². The predicted octanol–water partition coefficient (Wildman–Crippen LogP) is 3.02. The average Bonchev–Trinajstić information content (AvgIpc) is 3.28. The summed E-state index contributed by atoms with van der Waals surface area (Å²) in [4.78, 5) is 12.7. The highest BCUT2D eigenvalue weighted by atomic mass is 35.5. The Bertz CT molecular complexity index is 1300. The minimum atomic E-state index is -0.339. The van der Waals surface area contributed by atoms with Crippen molar-refractivity contribution in [2.24, 2.45) is 7.05 Å². The summed E-state index contributed by atoms with van der Waals surface area (Å²) in [6.45, 7) is 0.121. The largest absolute Gasteiger partial charge is 0.497 e. The second kappa shape index (κ2) is 7.89. The van der Waals surface area contributed by atoms with Crippen molar-refractivity contribution in [1.29, 1.82) is 5.26 Å². The minimum absolute atomic E-state index is 0.0757. The highest BCUT2D eigenvalue weighted by molar-refractivity contribution is 6.31. The fourth-order valence-electron chi connectivity index (χ4n) is 3.27. The Morgan fingerprint density at radius 1 is 1.13 bits per heavy atom. The molecule has 0 saturated carbocycles. The smallest absolute Gasteiger partial charge is 0.290 e. The van der Waals surface area contributed by atoms with E-state index in [0.717, 1.165) is 5.56 Å². The molecule has 2 aromatic carbocycles. The summed E-state index contributed by atoms with van der Waals surface area (Å²) in [5.74, 6) is 0.702. The van der Waals surface area contributed by atoms with Gasteiger partial charge in [-0.3, -0.25) is 9.48 Å². The van der Waals surface area contributed by atoms with Gasteiger partial charge in [-0.2, -0.15) is 5.26 Å². The highest BCUT2D eigenvalue weighted by Crippen LogP contribution is 2.24. The first-order valence-corrected chi connectivity index (χ1v) is 9.42. The van der Waals surface area contributed by atoms with Gasteiger partial charge in [0.25, 0.3) is 5.56 Å². The van der Waals surface area contributed by atoms with E-state index in [4.69, 9.17) is 16.3 Å². The number of rotatable bonds is 5. The van der Waals surface area contributed by atoms with Crippen LogP contribution >= 0.6 is 11.6 Å². The third-order valence-electron chi connectivity index (χ3n) is 4.83. The average molecular weight is 421 g/mol. The summed E-state index contributed by atoms with van der Waals surface area (Å²) in [5, 5.41) is 18.1. The van der Waals surface area contributed by atoms with Crippen LogP contribution in [0, 0.1) is 11.3 Å². The number of halogens is 1. The molecular formula is C21H17ClN6O2. The first kappa shape index (κ1) is 19.5. The number of benzene rings is 2. The summed E-state index contributed by atoms with van der Waals surface area (Å²) < 4.78 is 9.75. The van der Waals surface area contributed by atoms with Gasteiger partial charge in [0.15, 0.2) is 5.69 Å². The van der Waals surface area contributed by atoms with Crippen LogP contribution in [0.4, 0.5) is 0 Å². The third-order valence-corrected chi connectivity index (χ3v) is 5.21. The number of nitrogens with zero attached hydrogens (tertiary/aromatic N) is 6. The van der Waals surface area contributed by atoms with E-state index in [1.54, 1.807) is 31.0 Å². The van der Waals surface area contributed by atoms with Gasteiger partial charge in [-0.25, -0.2) is 9.36 Å². The molecule has 2 aromatic heterocycles. The van der Waals surface area contributed by atoms with Crippen molar-refractivity contribution in [3.63, 3.8) is 0 Å². The van der Waals surface area contributed by atoms with E-state index in [0.29, 0.717) is 22.8 Å². The van der Waals surface area contributed by atoms with E-state index < -0.39 is 0 Å². The Labute approximate surface area is 177 Å². The van der Waals surface area contributed by atoms with Crippen LogP contribution in [0.2, 0.25) is 5.02 Å². The van der Waals surface area contributed by atoms with Crippen molar-refractivity contribution in [3.8, 4) is 28.8 Å². The normalized spacial score (nSPS) is 10.7. The molecule has 150 valence electrons. The standard InChI is InChI=1S/C21H17ClN6O2/c1-26-18(19(22)21(29)28(26)15-6-4-3-5-7-15)13-27-17(12-23)20(24-25-27)14-8-10-16(30-2)11-9-14/h3-11H,13H2,1-2H3. The maximum absolute atomic E-state index is 12.7. The Morgan fingerprint density at radius 2 is 1.83 bits per heavy atom. The number of hydrogen-bond donors (Lipinski definition) is 0. The van der Waals surface area contributed by atoms with Crippen LogP contribution < -0.4 is 10.3 Å². The van der Waals surface area contributed by atoms with E-state index in [1.807, 2.05) is 42.5 Å². The molecule has 0 spiro atoms. The summed E-state index contributed by atoms with van der Waals surface area (Å²) in [5.41, 5.74) is 2.33. The lowest BCUT2D eigenvalue weighted by Crippen LogP contribution is -2.20. The number of aromatic nitrogens is 5. The van der Waals surface area contributed by atoms with Gasteiger partial charge in [-0.1, -0.05) is 35.0 Å². The predicted molar refractivity (Wildman–Crippen MR) is 112 cm³/mol. The van der Waals surface area contributed by atoms with E-state index in [1.165, 1.54) is 9.36 Å². The van der Waals surface area contributed by atoms with Crippen LogP contribution in [0.25, 0.3) is 16.9 Å². The van der Waals surface area contributed by atoms with E-state index in [-0.39, 0.29) is 22.8 Å². The molecule has 2 heterocycles. The molecule has 0 N–H and O–H groups in total. The van der Waals surface area contributed by atoms with Gasteiger partial charge in [-0.05, 0) is 36.4 Å². The molecule has 4 rings (SSSR count). The third kappa shape index (κ3) is 3.25. The van der Waals surface area contributed by atoms with Crippen molar-refractivity contribution >= 4 is 11.6 Å². The molecular weight excluding hydrogens is 404 g/mol. The van der Waals surface area contributed by atoms with Crippen LogP contribution in [0.15, 0.2) is 59.4 Å². The Hall–Kier alpha value is -3.83. The molecule has 0 radical (unpaired) electrons. The molecule has 0 aliphatic heterocycles. The lowest BCUT2D eigenvalue weighted by molar-refractivity contribution is 0.415. The van der Waals surface area contributed by atoms with Crippen LogP contribution in [-0.2, 0) is 13.6 Å². The van der Waals surface area contributed by atoms with Crippen molar-refractivity contribution in [2.45, 2.75) is 6.54 Å². The number of nitriles is 1. The fourth-order valence-corrected chi connectivity index (χ4v) is 3.53. The van der Waals surface area contributed by atoms with Gasteiger partial charge >= 0.3 is 0 Å². The maximum Gasteiger partial charge on any atom is 0.290 e. The second-order valence-corrected chi connectivity index (χ2v) is 6.90. The first-order valence-electron chi connectivity index (χ1n) is 9.05. The zero-order chi connectivity index (χ0) is 21.3. The van der Waals surface area contributed by atoms with Gasteiger partial charge in [0.2, 0.25) is 0 Å². The van der Waals surface area contributed by atoms with Gasteiger partial charge in [-0.15, -0.1) is 5.10 Å². The monoisotopic (exact) mass is 420 g/mol. The molecule has 9 heteroatoms. The van der Waals surface area contributed by atoms with Crippen molar-refractivity contribution < 1.29 is 4.74 Å². The molecule has 0 aliphatic carbocycles. The minimum Gasteiger partial charge on any atom is -0.497 e. The first-order chi connectivity index (χ1) is 14.5.